The molecule has 2 aromatic carbocycles. The van der Waals surface area contributed by atoms with Crippen LogP contribution in [0.25, 0.3) is 16.8 Å². The van der Waals surface area contributed by atoms with Crippen LogP contribution in [0.4, 0.5) is 0 Å². The van der Waals surface area contributed by atoms with E-state index in [-0.39, 0.29) is 10.7 Å². The maximum atomic E-state index is 12.1. The van der Waals surface area contributed by atoms with Crippen molar-refractivity contribution in [3.05, 3.63) is 47.5 Å². The Morgan fingerprint density at radius 2 is 1.78 bits per heavy atom. The van der Waals surface area contributed by atoms with E-state index >= 15 is 0 Å². The van der Waals surface area contributed by atoms with Gasteiger partial charge in [0.1, 0.15) is 11.3 Å². The summed E-state index contributed by atoms with van der Waals surface area (Å²) >= 11 is 4.81. The SMILES string of the molecule is CCOc1ccc2ccccc2c1C=C1C(=O)NC(=S)NC1=O. The van der Waals surface area contributed by atoms with Gasteiger partial charge in [-0.05, 0) is 42.1 Å². The molecule has 0 unspecified atom stereocenters. The molecule has 0 saturated carbocycles. The van der Waals surface area contributed by atoms with Gasteiger partial charge in [-0.15, -0.1) is 0 Å². The lowest BCUT2D eigenvalue weighted by atomic mass is 10.00. The molecular formula is C17H14N2O3S. The van der Waals surface area contributed by atoms with Crippen LogP contribution in [0.5, 0.6) is 5.75 Å². The number of hydrogen-bond donors (Lipinski definition) is 2. The molecule has 0 spiro atoms. The molecule has 5 nitrogen and oxygen atoms in total. The van der Waals surface area contributed by atoms with Crippen LogP contribution < -0.4 is 15.4 Å². The zero-order chi connectivity index (χ0) is 16.4. The summed E-state index contributed by atoms with van der Waals surface area (Å²) in [6.07, 6.45) is 1.54. The summed E-state index contributed by atoms with van der Waals surface area (Å²) in [5.41, 5.74) is 0.689. The van der Waals surface area contributed by atoms with Gasteiger partial charge in [0.15, 0.2) is 5.11 Å². The molecule has 0 bridgehead atoms. The second-order valence-electron chi connectivity index (χ2n) is 4.93. The molecule has 3 rings (SSSR count). The third-order valence-electron chi connectivity index (χ3n) is 3.46. The minimum Gasteiger partial charge on any atom is -0.493 e. The first-order chi connectivity index (χ1) is 11.1. The molecule has 1 aliphatic heterocycles. The van der Waals surface area contributed by atoms with E-state index < -0.39 is 11.8 Å². The first-order valence-corrected chi connectivity index (χ1v) is 7.54. The Kier molecular flexibility index (Phi) is 4.08. The third kappa shape index (κ3) is 2.93. The highest BCUT2D eigenvalue weighted by Crippen LogP contribution is 2.30. The van der Waals surface area contributed by atoms with Crippen molar-refractivity contribution in [2.45, 2.75) is 6.92 Å². The van der Waals surface area contributed by atoms with Gasteiger partial charge in [-0.25, -0.2) is 0 Å². The number of ether oxygens (including phenoxy) is 1. The smallest absolute Gasteiger partial charge is 0.263 e. The van der Waals surface area contributed by atoms with Gasteiger partial charge in [-0.2, -0.15) is 0 Å². The van der Waals surface area contributed by atoms with E-state index in [1.807, 2.05) is 43.3 Å². The molecule has 1 fully saturated rings. The standard InChI is InChI=1S/C17H14N2O3S/c1-2-22-14-8-7-10-5-3-4-6-11(10)12(14)9-13-15(20)18-17(23)19-16(13)21/h3-9H,2H2,1H3,(H2,18,19,20,21,23). The van der Waals surface area contributed by atoms with E-state index in [1.54, 1.807) is 6.08 Å². The summed E-state index contributed by atoms with van der Waals surface area (Å²) in [5, 5.41) is 6.77. The molecule has 0 aromatic heterocycles. The lowest BCUT2D eigenvalue weighted by molar-refractivity contribution is -0.123. The van der Waals surface area contributed by atoms with Crippen LogP contribution in [-0.4, -0.2) is 23.5 Å². The topological polar surface area (TPSA) is 67.4 Å². The summed E-state index contributed by atoms with van der Waals surface area (Å²) in [7, 11) is 0. The first-order valence-electron chi connectivity index (χ1n) is 7.13. The van der Waals surface area contributed by atoms with Crippen molar-refractivity contribution in [3.8, 4) is 5.75 Å². The fraction of sp³-hybridized carbons (Fsp3) is 0.118. The number of fused-ring (bicyclic) bond motifs is 1. The largest absolute Gasteiger partial charge is 0.493 e. The fourth-order valence-corrected chi connectivity index (χ4v) is 2.64. The van der Waals surface area contributed by atoms with Crippen LogP contribution in [0.15, 0.2) is 42.0 Å². The maximum absolute atomic E-state index is 12.1. The van der Waals surface area contributed by atoms with Crippen molar-refractivity contribution in [2.75, 3.05) is 6.61 Å². The quantitative estimate of drug-likeness (QED) is 0.515. The van der Waals surface area contributed by atoms with E-state index in [0.29, 0.717) is 17.9 Å². The summed E-state index contributed by atoms with van der Waals surface area (Å²) in [6, 6.07) is 11.5. The minimum atomic E-state index is -0.519. The predicted octanol–water partition coefficient (Wildman–Crippen LogP) is 2.15. The Bertz CT molecular complexity index is 836. The molecule has 0 atom stereocenters. The van der Waals surface area contributed by atoms with Crippen molar-refractivity contribution in [3.63, 3.8) is 0 Å². The molecule has 0 aliphatic carbocycles. The van der Waals surface area contributed by atoms with Crippen molar-refractivity contribution in [2.24, 2.45) is 0 Å². The van der Waals surface area contributed by atoms with E-state index in [0.717, 1.165) is 10.8 Å². The van der Waals surface area contributed by atoms with Crippen LogP contribution in [0.3, 0.4) is 0 Å². The van der Waals surface area contributed by atoms with Crippen LogP contribution >= 0.6 is 12.2 Å². The number of carbonyl (C=O) groups is 2. The molecule has 1 saturated heterocycles. The highest BCUT2D eigenvalue weighted by molar-refractivity contribution is 7.80. The van der Waals surface area contributed by atoms with Gasteiger partial charge in [-0.3, -0.25) is 20.2 Å². The molecule has 116 valence electrons. The number of nitrogens with one attached hydrogen (secondary N) is 2. The number of rotatable bonds is 3. The highest BCUT2D eigenvalue weighted by atomic mass is 32.1. The van der Waals surface area contributed by atoms with Gasteiger partial charge in [-0.1, -0.05) is 30.3 Å². The van der Waals surface area contributed by atoms with Gasteiger partial charge in [0.05, 0.1) is 6.61 Å². The second kappa shape index (κ2) is 6.18. The molecule has 1 heterocycles. The van der Waals surface area contributed by atoms with Crippen LogP contribution in [-0.2, 0) is 9.59 Å². The molecule has 0 radical (unpaired) electrons. The molecule has 6 heteroatoms. The van der Waals surface area contributed by atoms with Crippen molar-refractivity contribution in [1.29, 1.82) is 0 Å². The first kappa shape index (κ1) is 15.2. The number of benzene rings is 2. The average molecular weight is 326 g/mol. The molecule has 23 heavy (non-hydrogen) atoms. The van der Waals surface area contributed by atoms with Crippen LogP contribution in [0.2, 0.25) is 0 Å². The van der Waals surface area contributed by atoms with Gasteiger partial charge in [0.2, 0.25) is 0 Å². The molecule has 2 amide bonds. The predicted molar refractivity (Wildman–Crippen MR) is 92.0 cm³/mol. The second-order valence-corrected chi connectivity index (χ2v) is 5.34. The number of carbonyl (C=O) groups excluding carboxylic acids is 2. The molecular weight excluding hydrogens is 312 g/mol. The minimum absolute atomic E-state index is 0.00379. The highest BCUT2D eigenvalue weighted by Gasteiger charge is 2.26. The normalized spacial score (nSPS) is 14.5. The van der Waals surface area contributed by atoms with E-state index in [1.165, 1.54) is 0 Å². The Morgan fingerprint density at radius 1 is 1.09 bits per heavy atom. The van der Waals surface area contributed by atoms with Gasteiger partial charge in [0, 0.05) is 5.56 Å². The maximum Gasteiger partial charge on any atom is 0.263 e. The Labute approximate surface area is 138 Å². The van der Waals surface area contributed by atoms with Crippen molar-refractivity contribution in [1.82, 2.24) is 10.6 Å². The van der Waals surface area contributed by atoms with E-state index in [9.17, 15) is 9.59 Å². The Balaban J connectivity index is 2.19. The van der Waals surface area contributed by atoms with Gasteiger partial charge < -0.3 is 4.74 Å². The molecule has 1 aliphatic rings. The van der Waals surface area contributed by atoms with Gasteiger partial charge >= 0.3 is 0 Å². The monoisotopic (exact) mass is 326 g/mol. The van der Waals surface area contributed by atoms with Crippen molar-refractivity contribution >= 4 is 46.0 Å². The number of thiocarbonyl (C=S) groups is 1. The zero-order valence-corrected chi connectivity index (χ0v) is 13.2. The number of hydrogen-bond acceptors (Lipinski definition) is 4. The lowest BCUT2D eigenvalue weighted by Gasteiger charge is -2.17. The lowest BCUT2D eigenvalue weighted by Crippen LogP contribution is -2.51. The average Bonchev–Trinajstić information content (AvgIpc) is 2.52. The summed E-state index contributed by atoms with van der Waals surface area (Å²) in [5.74, 6) is -0.421. The van der Waals surface area contributed by atoms with E-state index in [4.69, 9.17) is 17.0 Å². The van der Waals surface area contributed by atoms with E-state index in [2.05, 4.69) is 10.6 Å². The molecule has 2 aromatic rings. The number of amides is 2. The van der Waals surface area contributed by atoms with Crippen LogP contribution in [0.1, 0.15) is 12.5 Å². The Morgan fingerprint density at radius 3 is 2.48 bits per heavy atom. The summed E-state index contributed by atoms with van der Waals surface area (Å²) in [6.45, 7) is 2.36. The summed E-state index contributed by atoms with van der Waals surface area (Å²) in [4.78, 5) is 24.1. The zero-order valence-electron chi connectivity index (χ0n) is 12.4. The fourth-order valence-electron chi connectivity index (χ4n) is 2.46. The van der Waals surface area contributed by atoms with Gasteiger partial charge in [0.25, 0.3) is 11.8 Å². The summed E-state index contributed by atoms with van der Waals surface area (Å²) < 4.78 is 5.64. The molecule has 2 N–H and O–H groups in total. The third-order valence-corrected chi connectivity index (χ3v) is 3.67. The van der Waals surface area contributed by atoms with Crippen molar-refractivity contribution < 1.29 is 14.3 Å². The van der Waals surface area contributed by atoms with Crippen LogP contribution in [0, 0.1) is 0 Å². The Hall–Kier alpha value is -2.73.